The number of amides is 1. The molecule has 0 aliphatic carbocycles. The zero-order valence-corrected chi connectivity index (χ0v) is 15.9. The predicted octanol–water partition coefficient (Wildman–Crippen LogP) is 0.851. The Morgan fingerprint density at radius 3 is 2.72 bits per heavy atom. The number of hydrogen-bond acceptors (Lipinski definition) is 5. The number of rotatable bonds is 3. The average molecular weight is 392 g/mol. The van der Waals surface area contributed by atoms with Crippen LogP contribution in [0.2, 0.25) is 0 Å². The molecule has 2 aliphatic rings. The highest BCUT2D eigenvalue weighted by atomic mass is 16.5. The molecule has 2 heterocycles. The van der Waals surface area contributed by atoms with Crippen molar-refractivity contribution >= 4 is 24.8 Å². The van der Waals surface area contributed by atoms with E-state index in [1.54, 1.807) is 29.2 Å². The third-order valence-corrected chi connectivity index (χ3v) is 5.35. The maximum atomic E-state index is 12.7. The van der Waals surface area contributed by atoms with Crippen LogP contribution in [-0.2, 0) is 19.5 Å². The van der Waals surface area contributed by atoms with E-state index in [1.807, 2.05) is 12.1 Å². The van der Waals surface area contributed by atoms with Crippen molar-refractivity contribution in [2.24, 2.45) is 5.73 Å². The first-order valence-electron chi connectivity index (χ1n) is 9.32. The van der Waals surface area contributed by atoms with Crippen LogP contribution in [0.25, 0.3) is 0 Å². The van der Waals surface area contributed by atoms with Gasteiger partial charge in [-0.25, -0.2) is 0 Å². The molecule has 0 aromatic heterocycles. The molecular formula is C20H21BN4O4. The minimum Gasteiger partial charge on any atom is -0.534 e. The third-order valence-electron chi connectivity index (χ3n) is 5.35. The van der Waals surface area contributed by atoms with Crippen molar-refractivity contribution in [3.63, 3.8) is 0 Å². The number of hydrogen-bond donors (Lipinski definition) is 4. The van der Waals surface area contributed by atoms with Crippen LogP contribution < -0.4 is 15.7 Å². The maximum Gasteiger partial charge on any atom is 0.547 e. The Hall–Kier alpha value is -3.33. The molecular weight excluding hydrogens is 371 g/mol. The fourth-order valence-electron chi connectivity index (χ4n) is 3.78. The quantitative estimate of drug-likeness (QED) is 0.265. The van der Waals surface area contributed by atoms with Gasteiger partial charge in [0, 0.05) is 18.7 Å². The van der Waals surface area contributed by atoms with Crippen molar-refractivity contribution in [1.29, 1.82) is 5.41 Å². The summed E-state index contributed by atoms with van der Waals surface area (Å²) in [6, 6.07) is 10.6. The molecule has 0 fully saturated rings. The van der Waals surface area contributed by atoms with Gasteiger partial charge in [-0.15, -0.1) is 0 Å². The van der Waals surface area contributed by atoms with Crippen molar-refractivity contribution in [1.82, 2.24) is 10.2 Å². The molecule has 2 aromatic carbocycles. The van der Waals surface area contributed by atoms with Crippen LogP contribution in [0.1, 0.15) is 44.3 Å². The Balaban J connectivity index is 1.50. The molecule has 1 atom stereocenters. The van der Waals surface area contributed by atoms with Crippen molar-refractivity contribution in [3.05, 3.63) is 64.2 Å². The monoisotopic (exact) mass is 392 g/mol. The van der Waals surface area contributed by atoms with Crippen molar-refractivity contribution in [3.8, 4) is 5.75 Å². The fraction of sp³-hybridized carbons (Fsp3) is 0.250. The lowest BCUT2D eigenvalue weighted by molar-refractivity contribution is 0.0938. The summed E-state index contributed by atoms with van der Waals surface area (Å²) in [5, 5.41) is 20.8. The van der Waals surface area contributed by atoms with Crippen LogP contribution in [0.5, 0.6) is 5.75 Å². The summed E-state index contributed by atoms with van der Waals surface area (Å²) in [7, 11) is -1.26. The zero-order chi connectivity index (χ0) is 20.7. The van der Waals surface area contributed by atoms with Gasteiger partial charge < -0.3 is 25.6 Å². The molecule has 0 radical (unpaired) electrons. The first kappa shape index (κ1) is 19.0. The number of benzene rings is 2. The van der Waals surface area contributed by atoms with Crippen molar-refractivity contribution in [2.75, 3.05) is 0 Å². The summed E-state index contributed by atoms with van der Waals surface area (Å²) in [6.07, 6.45) is 0.354. The topological polar surface area (TPSA) is 129 Å². The average Bonchev–Trinajstić information content (AvgIpc) is 3.11. The number of guanidine groups is 1. The van der Waals surface area contributed by atoms with Crippen LogP contribution >= 0.6 is 0 Å². The number of nitrogens with zero attached hydrogens (tertiary/aromatic N) is 1. The van der Waals surface area contributed by atoms with E-state index in [2.05, 4.69) is 5.32 Å². The highest BCUT2D eigenvalue weighted by Crippen LogP contribution is 2.30. The molecule has 148 valence electrons. The Labute approximate surface area is 168 Å². The smallest absolute Gasteiger partial charge is 0.534 e. The Bertz CT molecular complexity index is 1030. The Kier molecular flexibility index (Phi) is 4.75. The minimum absolute atomic E-state index is 0.00160. The van der Waals surface area contributed by atoms with Gasteiger partial charge in [0.05, 0.1) is 11.5 Å². The van der Waals surface area contributed by atoms with E-state index < -0.39 is 13.1 Å². The lowest BCUT2D eigenvalue weighted by Gasteiger charge is -2.29. The molecule has 0 saturated heterocycles. The van der Waals surface area contributed by atoms with Gasteiger partial charge in [0.15, 0.2) is 11.7 Å². The van der Waals surface area contributed by atoms with E-state index in [1.165, 1.54) is 6.92 Å². The number of nitrogens with one attached hydrogen (secondary N) is 2. The molecule has 5 N–H and O–H groups in total. The van der Waals surface area contributed by atoms with Crippen LogP contribution in [0.3, 0.4) is 0 Å². The Morgan fingerprint density at radius 2 is 2.00 bits per heavy atom. The number of fused-ring (bicyclic) bond motifs is 2. The van der Waals surface area contributed by atoms with Gasteiger partial charge in [0.25, 0.3) is 5.91 Å². The van der Waals surface area contributed by atoms with Gasteiger partial charge in [-0.1, -0.05) is 18.2 Å². The molecule has 29 heavy (non-hydrogen) atoms. The summed E-state index contributed by atoms with van der Waals surface area (Å²) in [5.74, 6) is -0.737. The molecule has 9 heteroatoms. The summed E-state index contributed by atoms with van der Waals surface area (Å²) in [4.78, 5) is 26.2. The van der Waals surface area contributed by atoms with Crippen LogP contribution in [0.15, 0.2) is 36.4 Å². The molecule has 2 aromatic rings. The van der Waals surface area contributed by atoms with Gasteiger partial charge in [-0.2, -0.15) is 0 Å². The summed E-state index contributed by atoms with van der Waals surface area (Å²) < 4.78 is 5.56. The van der Waals surface area contributed by atoms with E-state index >= 15 is 0 Å². The highest BCUT2D eigenvalue weighted by molar-refractivity contribution is 6.47. The largest absolute Gasteiger partial charge is 0.547 e. The lowest BCUT2D eigenvalue weighted by Crippen LogP contribution is -2.53. The number of Topliss-reactive ketones (excluding diaryl/α,β-unsaturated/α-hetero) is 1. The number of carbonyl (C=O) groups is 2. The second kappa shape index (κ2) is 7.25. The van der Waals surface area contributed by atoms with Crippen molar-refractivity contribution < 1.29 is 19.3 Å². The van der Waals surface area contributed by atoms with Gasteiger partial charge in [-0.3, -0.25) is 15.0 Å². The standard InChI is InChI=1S/C20H21BN4O4/c1-11(26)16-4-2-3-12-8-17(21(28)29-18(12)16)24-19(27)13-5-6-14-9-25(20(22)23)10-15(14)7-13/h2-7,17,28H,8-10H2,1H3,(H3,22,23)(H,24,27)/t17-/m0/s1. The summed E-state index contributed by atoms with van der Waals surface area (Å²) in [5.41, 5.74) is 9.17. The van der Waals surface area contributed by atoms with Crippen molar-refractivity contribution in [2.45, 2.75) is 32.4 Å². The number of para-hydroxylation sites is 1. The minimum atomic E-state index is -1.26. The maximum absolute atomic E-state index is 12.7. The molecule has 0 bridgehead atoms. The Morgan fingerprint density at radius 1 is 1.24 bits per heavy atom. The third kappa shape index (κ3) is 3.56. The molecule has 2 aliphatic heterocycles. The van der Waals surface area contributed by atoms with E-state index in [0.29, 0.717) is 36.4 Å². The first-order chi connectivity index (χ1) is 13.8. The highest BCUT2D eigenvalue weighted by Gasteiger charge is 2.37. The SMILES string of the molecule is CC(=O)c1cccc2c1OB(O)[C@@H](NC(=O)c1ccc3c(c1)CN(C(=N)N)C3)C2. The molecule has 1 amide bonds. The molecule has 4 rings (SSSR count). The normalized spacial score (nSPS) is 17.2. The lowest BCUT2D eigenvalue weighted by atomic mass is 9.72. The number of nitrogens with two attached hydrogens (primary N) is 1. The number of carbonyl (C=O) groups excluding carboxylic acids is 2. The van der Waals surface area contributed by atoms with Gasteiger partial charge in [-0.05, 0) is 48.2 Å². The van der Waals surface area contributed by atoms with Gasteiger partial charge >= 0.3 is 7.12 Å². The molecule has 0 spiro atoms. The van der Waals surface area contributed by atoms with Gasteiger partial charge in [0.2, 0.25) is 0 Å². The molecule has 0 saturated carbocycles. The van der Waals surface area contributed by atoms with Crippen LogP contribution in [0.4, 0.5) is 0 Å². The first-order valence-corrected chi connectivity index (χ1v) is 9.32. The van der Waals surface area contributed by atoms with Crippen LogP contribution in [0, 0.1) is 5.41 Å². The van der Waals surface area contributed by atoms with E-state index in [-0.39, 0.29) is 17.6 Å². The van der Waals surface area contributed by atoms with E-state index in [9.17, 15) is 14.6 Å². The number of ketones is 1. The summed E-state index contributed by atoms with van der Waals surface area (Å²) in [6.45, 7) is 2.49. The fourth-order valence-corrected chi connectivity index (χ4v) is 3.78. The van der Waals surface area contributed by atoms with E-state index in [0.717, 1.165) is 16.7 Å². The second-order valence-electron chi connectivity index (χ2n) is 7.37. The van der Waals surface area contributed by atoms with Gasteiger partial charge in [0.1, 0.15) is 5.75 Å². The van der Waals surface area contributed by atoms with E-state index in [4.69, 9.17) is 15.8 Å². The van der Waals surface area contributed by atoms with Crippen LogP contribution in [-0.4, -0.2) is 40.6 Å². The molecule has 8 nitrogen and oxygen atoms in total. The predicted molar refractivity (Wildman–Crippen MR) is 108 cm³/mol. The second-order valence-corrected chi connectivity index (χ2v) is 7.37. The molecule has 0 unspecified atom stereocenters. The summed E-state index contributed by atoms with van der Waals surface area (Å²) >= 11 is 0. The zero-order valence-electron chi connectivity index (χ0n) is 15.9.